The van der Waals surface area contributed by atoms with E-state index in [1.807, 2.05) is 12.1 Å². The molecule has 3 rings (SSSR count). The molecule has 2 aliphatic carbocycles. The highest BCUT2D eigenvalue weighted by atomic mass is 35.5. The van der Waals surface area contributed by atoms with Crippen LogP contribution in [0.3, 0.4) is 0 Å². The minimum Gasteiger partial charge on any atom is -0.354 e. The predicted molar refractivity (Wildman–Crippen MR) is 87.6 cm³/mol. The lowest BCUT2D eigenvalue weighted by Gasteiger charge is -2.32. The van der Waals surface area contributed by atoms with Crippen LogP contribution >= 0.6 is 12.4 Å². The molecule has 1 aromatic carbocycles. The van der Waals surface area contributed by atoms with Crippen LogP contribution in [0.2, 0.25) is 0 Å². The molecule has 0 heterocycles. The van der Waals surface area contributed by atoms with E-state index in [1.165, 1.54) is 18.6 Å². The Bertz CT molecular complexity index is 522. The first kappa shape index (κ1) is 17.2. The third-order valence-corrected chi connectivity index (χ3v) is 5.10. The molecule has 0 unspecified atom stereocenters. The molecule has 0 spiro atoms. The number of hydrogen-bond acceptors (Lipinski definition) is 2. The summed E-state index contributed by atoms with van der Waals surface area (Å²) in [4.78, 5) is 12.4. The number of carbonyl (C=O) groups excluding carboxylic acids is 1. The van der Waals surface area contributed by atoms with Crippen molar-refractivity contribution in [3.05, 3.63) is 35.6 Å². The van der Waals surface area contributed by atoms with Gasteiger partial charge in [0.1, 0.15) is 5.82 Å². The van der Waals surface area contributed by atoms with Crippen LogP contribution < -0.4 is 11.1 Å². The molecular weight excluding hydrogens is 303 g/mol. The highest BCUT2D eigenvalue weighted by Crippen LogP contribution is 2.47. The second kappa shape index (κ2) is 6.55. The van der Waals surface area contributed by atoms with E-state index in [-0.39, 0.29) is 29.5 Å². The van der Waals surface area contributed by atoms with Crippen molar-refractivity contribution in [2.24, 2.45) is 5.73 Å². The number of amides is 1. The fourth-order valence-electron chi connectivity index (χ4n) is 3.36. The Labute approximate surface area is 137 Å². The Kier molecular flexibility index (Phi) is 5.13. The lowest BCUT2D eigenvalue weighted by molar-refractivity contribution is -0.127. The van der Waals surface area contributed by atoms with Gasteiger partial charge in [-0.1, -0.05) is 31.4 Å². The number of halogens is 2. The van der Waals surface area contributed by atoms with Crippen molar-refractivity contribution in [3.8, 4) is 0 Å². The van der Waals surface area contributed by atoms with Crippen molar-refractivity contribution < 1.29 is 9.18 Å². The van der Waals surface area contributed by atoms with Crippen molar-refractivity contribution in [2.75, 3.05) is 6.54 Å². The van der Waals surface area contributed by atoms with Gasteiger partial charge in [-0.2, -0.15) is 0 Å². The Morgan fingerprint density at radius 2 is 1.68 bits per heavy atom. The molecule has 0 aliphatic heterocycles. The van der Waals surface area contributed by atoms with Gasteiger partial charge >= 0.3 is 0 Å². The Balaban J connectivity index is 0.00000176. The summed E-state index contributed by atoms with van der Waals surface area (Å²) >= 11 is 0. The van der Waals surface area contributed by atoms with Crippen LogP contribution in [0.4, 0.5) is 4.39 Å². The summed E-state index contributed by atoms with van der Waals surface area (Å²) in [5.41, 5.74) is 6.67. The van der Waals surface area contributed by atoms with Crippen LogP contribution in [0.25, 0.3) is 0 Å². The Hall–Kier alpha value is -1.13. The second-order valence-corrected chi connectivity index (χ2v) is 6.69. The van der Waals surface area contributed by atoms with Gasteiger partial charge in [-0.25, -0.2) is 4.39 Å². The molecule has 1 aromatic rings. The second-order valence-electron chi connectivity index (χ2n) is 6.69. The standard InChI is InChI=1S/C17H23FN2O.ClH/c18-14-6-4-13(5-7-14)16(10-11-16)12-20-15(21)17(19)8-2-1-3-9-17;/h4-7H,1-3,8-12,19H2,(H,20,21);1H. The first-order valence-corrected chi connectivity index (χ1v) is 7.87. The molecule has 2 fully saturated rings. The van der Waals surface area contributed by atoms with Crippen molar-refractivity contribution in [1.29, 1.82) is 0 Å². The van der Waals surface area contributed by atoms with E-state index >= 15 is 0 Å². The number of nitrogens with one attached hydrogen (secondary N) is 1. The molecule has 0 aromatic heterocycles. The van der Waals surface area contributed by atoms with E-state index in [2.05, 4.69) is 5.32 Å². The van der Waals surface area contributed by atoms with Crippen LogP contribution in [0, 0.1) is 5.82 Å². The molecule has 0 atom stereocenters. The minimum absolute atomic E-state index is 0. The summed E-state index contributed by atoms with van der Waals surface area (Å²) in [6.07, 6.45) is 6.88. The van der Waals surface area contributed by atoms with Gasteiger partial charge in [0.2, 0.25) is 5.91 Å². The third-order valence-electron chi connectivity index (χ3n) is 5.10. The van der Waals surface area contributed by atoms with Crippen molar-refractivity contribution in [3.63, 3.8) is 0 Å². The lowest BCUT2D eigenvalue weighted by Crippen LogP contribution is -2.56. The van der Waals surface area contributed by atoms with Gasteiger partial charge in [-0.15, -0.1) is 12.4 Å². The van der Waals surface area contributed by atoms with Gasteiger partial charge in [0.25, 0.3) is 0 Å². The molecule has 0 radical (unpaired) electrons. The lowest BCUT2D eigenvalue weighted by atomic mass is 9.81. The van der Waals surface area contributed by atoms with E-state index in [4.69, 9.17) is 5.73 Å². The number of hydrogen-bond donors (Lipinski definition) is 2. The SMILES string of the molecule is Cl.NC1(C(=O)NCC2(c3ccc(F)cc3)CC2)CCCCC1. The minimum atomic E-state index is -0.683. The van der Waals surface area contributed by atoms with E-state index in [0.717, 1.165) is 44.1 Å². The molecule has 5 heteroatoms. The van der Waals surface area contributed by atoms with Gasteiger partial charge in [0.15, 0.2) is 0 Å². The van der Waals surface area contributed by atoms with E-state index in [9.17, 15) is 9.18 Å². The molecule has 0 bridgehead atoms. The Morgan fingerprint density at radius 1 is 1.09 bits per heavy atom. The number of benzene rings is 1. The first-order valence-electron chi connectivity index (χ1n) is 7.87. The zero-order chi connectivity index (χ0) is 14.9. The van der Waals surface area contributed by atoms with E-state index in [1.54, 1.807) is 0 Å². The monoisotopic (exact) mass is 326 g/mol. The smallest absolute Gasteiger partial charge is 0.240 e. The number of nitrogens with two attached hydrogens (primary N) is 1. The molecule has 1 amide bonds. The molecule has 22 heavy (non-hydrogen) atoms. The first-order chi connectivity index (χ1) is 10.0. The largest absolute Gasteiger partial charge is 0.354 e. The fourth-order valence-corrected chi connectivity index (χ4v) is 3.36. The maximum absolute atomic E-state index is 13.0. The number of carbonyl (C=O) groups is 1. The topological polar surface area (TPSA) is 55.1 Å². The fraction of sp³-hybridized carbons (Fsp3) is 0.588. The van der Waals surface area contributed by atoms with Crippen LogP contribution in [0.15, 0.2) is 24.3 Å². The molecule has 3 N–H and O–H groups in total. The molecule has 2 aliphatic rings. The summed E-state index contributed by atoms with van der Waals surface area (Å²) < 4.78 is 13.0. The molecule has 3 nitrogen and oxygen atoms in total. The summed E-state index contributed by atoms with van der Waals surface area (Å²) in [5, 5.41) is 3.05. The average molecular weight is 327 g/mol. The van der Waals surface area contributed by atoms with Crippen LogP contribution in [-0.4, -0.2) is 18.0 Å². The third kappa shape index (κ3) is 3.44. The van der Waals surface area contributed by atoms with E-state index in [0.29, 0.717) is 6.54 Å². The van der Waals surface area contributed by atoms with Gasteiger partial charge < -0.3 is 11.1 Å². The van der Waals surface area contributed by atoms with Crippen LogP contribution in [0.5, 0.6) is 0 Å². The predicted octanol–water partition coefficient (Wildman–Crippen LogP) is 3.06. The van der Waals surface area contributed by atoms with Crippen molar-refractivity contribution in [2.45, 2.75) is 55.9 Å². The summed E-state index contributed by atoms with van der Waals surface area (Å²) in [5.74, 6) is -0.239. The van der Waals surface area contributed by atoms with Crippen LogP contribution in [-0.2, 0) is 10.2 Å². The van der Waals surface area contributed by atoms with Crippen LogP contribution in [0.1, 0.15) is 50.5 Å². The normalized spacial score (nSPS) is 21.5. The molecule has 2 saturated carbocycles. The summed E-state index contributed by atoms with van der Waals surface area (Å²) in [6.45, 7) is 0.608. The summed E-state index contributed by atoms with van der Waals surface area (Å²) in [7, 11) is 0. The highest BCUT2D eigenvalue weighted by Gasteiger charge is 2.45. The molecular formula is C17H24ClFN2O. The Morgan fingerprint density at radius 3 is 2.23 bits per heavy atom. The van der Waals surface area contributed by atoms with Gasteiger partial charge in [0.05, 0.1) is 5.54 Å². The quantitative estimate of drug-likeness (QED) is 0.893. The zero-order valence-electron chi connectivity index (χ0n) is 12.7. The number of rotatable bonds is 4. The zero-order valence-corrected chi connectivity index (χ0v) is 13.6. The van der Waals surface area contributed by atoms with Crippen molar-refractivity contribution in [1.82, 2.24) is 5.32 Å². The average Bonchev–Trinajstić information content (AvgIpc) is 3.27. The molecule has 0 saturated heterocycles. The maximum Gasteiger partial charge on any atom is 0.240 e. The van der Waals surface area contributed by atoms with Crippen molar-refractivity contribution >= 4 is 18.3 Å². The maximum atomic E-state index is 13.0. The molecule has 122 valence electrons. The highest BCUT2D eigenvalue weighted by molar-refractivity contribution is 5.86. The van der Waals surface area contributed by atoms with Gasteiger partial charge in [-0.3, -0.25) is 4.79 Å². The van der Waals surface area contributed by atoms with Gasteiger partial charge in [0, 0.05) is 12.0 Å². The van der Waals surface area contributed by atoms with Gasteiger partial charge in [-0.05, 0) is 43.4 Å². The summed E-state index contributed by atoms with van der Waals surface area (Å²) in [6, 6.07) is 6.63. The van der Waals surface area contributed by atoms with E-state index < -0.39 is 5.54 Å².